The molecule has 0 atom stereocenters. The minimum Gasteiger partial charge on any atom is -0.381 e. The predicted molar refractivity (Wildman–Crippen MR) is 87.2 cm³/mol. The summed E-state index contributed by atoms with van der Waals surface area (Å²) in [6.45, 7) is 2.16. The number of methoxy groups -OCH3 is 1. The maximum atomic E-state index is 12.3. The second-order valence-corrected chi connectivity index (χ2v) is 8.18. The van der Waals surface area contributed by atoms with Crippen molar-refractivity contribution in [3.05, 3.63) is 0 Å². The number of carbonyl (C=O) groups excluding carboxylic acids is 1. The third kappa shape index (κ3) is 2.86. The van der Waals surface area contributed by atoms with E-state index in [4.69, 9.17) is 9.47 Å². The summed E-state index contributed by atoms with van der Waals surface area (Å²) in [5.74, 6) is 3.09. The summed E-state index contributed by atoms with van der Waals surface area (Å²) in [5, 5.41) is 6.23. The van der Waals surface area contributed by atoms with Crippen LogP contribution in [0.1, 0.15) is 44.9 Å². The SMILES string of the molecule is COC1(CNC(=O)NC2CCOCC2)C2CC3CC(C2)CC1C3. The van der Waals surface area contributed by atoms with Gasteiger partial charge in [-0.15, -0.1) is 0 Å². The van der Waals surface area contributed by atoms with E-state index in [-0.39, 0.29) is 17.7 Å². The van der Waals surface area contributed by atoms with Gasteiger partial charge < -0.3 is 20.1 Å². The standard InChI is InChI=1S/C18H30N2O3/c1-22-18(11-19-17(21)20-16-2-4-23-5-3-16)14-7-12-6-13(9-14)10-15(18)8-12/h12-16H,2-11H2,1H3,(H2,19,20,21). The summed E-state index contributed by atoms with van der Waals surface area (Å²) in [6, 6.07) is 0.211. The molecule has 5 fully saturated rings. The Morgan fingerprint density at radius 3 is 2.26 bits per heavy atom. The highest BCUT2D eigenvalue weighted by molar-refractivity contribution is 5.74. The Labute approximate surface area is 138 Å². The highest BCUT2D eigenvalue weighted by Crippen LogP contribution is 2.59. The molecular formula is C18H30N2O3. The normalized spacial score (nSPS) is 42.7. The molecule has 130 valence electrons. The molecule has 1 heterocycles. The molecule has 0 aromatic heterocycles. The summed E-state index contributed by atoms with van der Waals surface area (Å²) in [5.41, 5.74) is -0.125. The lowest BCUT2D eigenvalue weighted by molar-refractivity contribution is -0.186. The first-order chi connectivity index (χ1) is 11.2. The molecule has 0 aromatic carbocycles. The maximum Gasteiger partial charge on any atom is 0.315 e. The molecular weight excluding hydrogens is 292 g/mol. The topological polar surface area (TPSA) is 59.6 Å². The van der Waals surface area contributed by atoms with E-state index in [1.165, 1.54) is 32.1 Å². The zero-order valence-electron chi connectivity index (χ0n) is 14.2. The highest BCUT2D eigenvalue weighted by atomic mass is 16.5. The van der Waals surface area contributed by atoms with Crippen molar-refractivity contribution >= 4 is 6.03 Å². The van der Waals surface area contributed by atoms with Gasteiger partial charge in [-0.1, -0.05) is 0 Å². The van der Waals surface area contributed by atoms with Gasteiger partial charge in [-0.2, -0.15) is 0 Å². The van der Waals surface area contributed by atoms with E-state index in [9.17, 15) is 4.79 Å². The molecule has 2 amide bonds. The van der Waals surface area contributed by atoms with E-state index in [1.54, 1.807) is 0 Å². The van der Waals surface area contributed by atoms with Crippen LogP contribution in [0.3, 0.4) is 0 Å². The molecule has 4 saturated carbocycles. The largest absolute Gasteiger partial charge is 0.381 e. The lowest BCUT2D eigenvalue weighted by Gasteiger charge is -2.60. The summed E-state index contributed by atoms with van der Waals surface area (Å²) in [6.07, 6.45) is 8.45. The third-order valence-electron chi connectivity index (χ3n) is 6.98. The van der Waals surface area contributed by atoms with Gasteiger partial charge in [0.2, 0.25) is 0 Å². The van der Waals surface area contributed by atoms with Crippen LogP contribution >= 0.6 is 0 Å². The summed E-state index contributed by atoms with van der Waals surface area (Å²) in [7, 11) is 1.85. The van der Waals surface area contributed by atoms with E-state index in [1.807, 2.05) is 7.11 Å². The average molecular weight is 322 g/mol. The van der Waals surface area contributed by atoms with Gasteiger partial charge in [0.05, 0.1) is 5.60 Å². The first-order valence-electron chi connectivity index (χ1n) is 9.37. The van der Waals surface area contributed by atoms with Gasteiger partial charge in [-0.05, 0) is 68.6 Å². The molecule has 23 heavy (non-hydrogen) atoms. The van der Waals surface area contributed by atoms with Gasteiger partial charge in [0.25, 0.3) is 0 Å². The van der Waals surface area contributed by atoms with Crippen LogP contribution in [0, 0.1) is 23.7 Å². The maximum absolute atomic E-state index is 12.3. The van der Waals surface area contributed by atoms with E-state index >= 15 is 0 Å². The Hall–Kier alpha value is -0.810. The van der Waals surface area contributed by atoms with E-state index in [0.29, 0.717) is 18.4 Å². The predicted octanol–water partition coefficient (Wildman–Crippen LogP) is 2.31. The van der Waals surface area contributed by atoms with Crippen molar-refractivity contribution < 1.29 is 14.3 Å². The van der Waals surface area contributed by atoms with Crippen LogP contribution in [0.4, 0.5) is 4.79 Å². The second kappa shape index (κ2) is 6.25. The molecule has 4 aliphatic carbocycles. The number of carbonyl (C=O) groups is 1. The van der Waals surface area contributed by atoms with Crippen molar-refractivity contribution in [2.75, 3.05) is 26.9 Å². The number of hydrogen-bond acceptors (Lipinski definition) is 3. The van der Waals surface area contributed by atoms with Gasteiger partial charge in [0.1, 0.15) is 0 Å². The van der Waals surface area contributed by atoms with E-state index in [2.05, 4.69) is 10.6 Å². The zero-order valence-corrected chi connectivity index (χ0v) is 14.2. The number of urea groups is 1. The van der Waals surface area contributed by atoms with Crippen molar-refractivity contribution in [3.63, 3.8) is 0 Å². The molecule has 0 unspecified atom stereocenters. The van der Waals surface area contributed by atoms with Gasteiger partial charge >= 0.3 is 6.03 Å². The fourth-order valence-electron chi connectivity index (χ4n) is 5.97. The molecule has 5 heteroatoms. The average Bonchev–Trinajstić information content (AvgIpc) is 2.55. The van der Waals surface area contributed by atoms with Crippen LogP contribution in [0.15, 0.2) is 0 Å². The van der Waals surface area contributed by atoms with Crippen molar-refractivity contribution in [1.82, 2.24) is 10.6 Å². The summed E-state index contributed by atoms with van der Waals surface area (Å²) in [4.78, 5) is 12.3. The first kappa shape index (κ1) is 15.7. The number of amides is 2. The van der Waals surface area contributed by atoms with Crippen LogP contribution in [0.5, 0.6) is 0 Å². The van der Waals surface area contributed by atoms with Crippen molar-refractivity contribution in [3.8, 4) is 0 Å². The Kier molecular flexibility index (Phi) is 4.26. The van der Waals surface area contributed by atoms with Crippen molar-refractivity contribution in [2.24, 2.45) is 23.7 Å². The van der Waals surface area contributed by atoms with Crippen LogP contribution < -0.4 is 10.6 Å². The Morgan fingerprint density at radius 2 is 1.70 bits per heavy atom. The summed E-state index contributed by atoms with van der Waals surface area (Å²) >= 11 is 0. The van der Waals surface area contributed by atoms with E-state index in [0.717, 1.165) is 37.9 Å². The number of hydrogen-bond donors (Lipinski definition) is 2. The smallest absolute Gasteiger partial charge is 0.315 e. The molecule has 5 nitrogen and oxygen atoms in total. The lowest BCUT2D eigenvalue weighted by atomic mass is 9.49. The van der Waals surface area contributed by atoms with Gasteiger partial charge in [0, 0.05) is 32.9 Å². The lowest BCUT2D eigenvalue weighted by Crippen LogP contribution is -2.63. The Bertz CT molecular complexity index is 420. The molecule has 2 N–H and O–H groups in total. The molecule has 0 aromatic rings. The fraction of sp³-hybridized carbons (Fsp3) is 0.944. The molecule has 4 bridgehead atoms. The van der Waals surface area contributed by atoms with Crippen molar-refractivity contribution in [2.45, 2.75) is 56.6 Å². The van der Waals surface area contributed by atoms with Gasteiger partial charge in [-0.25, -0.2) is 4.79 Å². The summed E-state index contributed by atoms with van der Waals surface area (Å²) < 4.78 is 11.4. The quantitative estimate of drug-likeness (QED) is 0.835. The Morgan fingerprint density at radius 1 is 1.09 bits per heavy atom. The van der Waals surface area contributed by atoms with Gasteiger partial charge in [0.15, 0.2) is 0 Å². The van der Waals surface area contributed by atoms with E-state index < -0.39 is 0 Å². The third-order valence-corrected chi connectivity index (χ3v) is 6.98. The first-order valence-corrected chi connectivity index (χ1v) is 9.37. The number of nitrogens with one attached hydrogen (secondary N) is 2. The van der Waals surface area contributed by atoms with Crippen LogP contribution in [-0.2, 0) is 9.47 Å². The van der Waals surface area contributed by atoms with Crippen LogP contribution in [0.25, 0.3) is 0 Å². The zero-order chi connectivity index (χ0) is 15.9. The molecule has 1 aliphatic heterocycles. The van der Waals surface area contributed by atoms with Crippen LogP contribution in [0.2, 0.25) is 0 Å². The fourth-order valence-corrected chi connectivity index (χ4v) is 5.97. The number of rotatable bonds is 4. The number of ether oxygens (including phenoxy) is 2. The molecule has 0 radical (unpaired) electrons. The van der Waals surface area contributed by atoms with Gasteiger partial charge in [-0.3, -0.25) is 0 Å². The molecule has 5 aliphatic rings. The minimum atomic E-state index is -0.125. The molecule has 0 spiro atoms. The minimum absolute atomic E-state index is 0.0397. The highest BCUT2D eigenvalue weighted by Gasteiger charge is 2.57. The molecule has 5 rings (SSSR count). The second-order valence-electron chi connectivity index (χ2n) is 8.18. The van der Waals surface area contributed by atoms with Crippen LogP contribution in [-0.4, -0.2) is 44.5 Å². The molecule has 1 saturated heterocycles. The van der Waals surface area contributed by atoms with Crippen molar-refractivity contribution in [1.29, 1.82) is 0 Å². The Balaban J connectivity index is 1.35. The monoisotopic (exact) mass is 322 g/mol.